The van der Waals surface area contributed by atoms with Crippen molar-refractivity contribution in [2.75, 3.05) is 18.0 Å². The normalized spacial score (nSPS) is 22.1. The van der Waals surface area contributed by atoms with E-state index in [0.717, 1.165) is 0 Å². The summed E-state index contributed by atoms with van der Waals surface area (Å²) in [6.45, 7) is 7.96. The van der Waals surface area contributed by atoms with E-state index in [0.29, 0.717) is 42.2 Å². The summed E-state index contributed by atoms with van der Waals surface area (Å²) in [6.07, 6.45) is -0.513. The van der Waals surface area contributed by atoms with Crippen LogP contribution in [0.1, 0.15) is 36.3 Å². The second kappa shape index (κ2) is 5.60. The second-order valence-corrected chi connectivity index (χ2v) is 5.49. The highest BCUT2D eigenvalue weighted by Crippen LogP contribution is 2.29. The Balaban J connectivity index is 1.91. The quantitative estimate of drug-likeness (QED) is 0.838. The van der Waals surface area contributed by atoms with Gasteiger partial charge in [0.05, 0.1) is 18.3 Å². The van der Waals surface area contributed by atoms with Gasteiger partial charge < -0.3 is 14.1 Å². The maximum absolute atomic E-state index is 14.4. The summed E-state index contributed by atoms with van der Waals surface area (Å²) in [5.74, 6) is 1.31. The van der Waals surface area contributed by atoms with E-state index in [4.69, 9.17) is 9.15 Å². The Bertz CT molecular complexity index is 690. The van der Waals surface area contributed by atoms with Gasteiger partial charge in [-0.1, -0.05) is 0 Å². The molecule has 0 bridgehead atoms. The molecule has 0 aromatic carbocycles. The number of aryl methyl sites for hydroxylation is 3. The maximum atomic E-state index is 14.4. The third-order valence-corrected chi connectivity index (χ3v) is 3.49. The van der Waals surface area contributed by atoms with Gasteiger partial charge in [0.1, 0.15) is 5.82 Å². The van der Waals surface area contributed by atoms with Crippen LogP contribution in [0.4, 0.5) is 10.2 Å². The van der Waals surface area contributed by atoms with Crippen molar-refractivity contribution in [3.63, 3.8) is 0 Å². The molecule has 1 aliphatic heterocycles. The standard InChI is InChI=1S/C14H18FN5O2/c1-7-5-20(13-12(15)8(2)16-9(3)17-13)6-11(21-7)14-19-18-10(4)22-14/h7,11H,5-6H2,1-4H3/t7-,11-/m1/s1. The van der Waals surface area contributed by atoms with E-state index in [2.05, 4.69) is 20.2 Å². The van der Waals surface area contributed by atoms with Crippen LogP contribution in [0.2, 0.25) is 0 Å². The average Bonchev–Trinajstić information content (AvgIpc) is 2.89. The fraction of sp³-hybridized carbons (Fsp3) is 0.571. The van der Waals surface area contributed by atoms with E-state index in [9.17, 15) is 4.39 Å². The van der Waals surface area contributed by atoms with E-state index < -0.39 is 11.9 Å². The molecular weight excluding hydrogens is 289 g/mol. The van der Waals surface area contributed by atoms with Gasteiger partial charge in [0, 0.05) is 13.5 Å². The molecule has 3 rings (SSSR count). The van der Waals surface area contributed by atoms with E-state index >= 15 is 0 Å². The Kier molecular flexibility index (Phi) is 3.78. The largest absolute Gasteiger partial charge is 0.423 e. The predicted molar refractivity (Wildman–Crippen MR) is 76.0 cm³/mol. The summed E-state index contributed by atoms with van der Waals surface area (Å²) >= 11 is 0. The molecule has 0 N–H and O–H groups in total. The number of anilines is 1. The van der Waals surface area contributed by atoms with Gasteiger partial charge >= 0.3 is 0 Å². The van der Waals surface area contributed by atoms with Crippen LogP contribution in [-0.4, -0.2) is 39.4 Å². The van der Waals surface area contributed by atoms with Crippen LogP contribution in [0.5, 0.6) is 0 Å². The SMILES string of the molecule is Cc1nc(C)c(F)c(N2C[C@@H](C)O[C@@H](c3nnc(C)o3)C2)n1. The Morgan fingerprint density at radius 1 is 1.14 bits per heavy atom. The number of rotatable bonds is 2. The number of morpholine rings is 1. The van der Waals surface area contributed by atoms with Crippen molar-refractivity contribution in [2.24, 2.45) is 0 Å². The van der Waals surface area contributed by atoms with Crippen LogP contribution in [-0.2, 0) is 4.74 Å². The van der Waals surface area contributed by atoms with Crippen molar-refractivity contribution in [3.8, 4) is 0 Å². The van der Waals surface area contributed by atoms with Crippen molar-refractivity contribution in [3.05, 3.63) is 29.1 Å². The summed E-state index contributed by atoms with van der Waals surface area (Å²) in [4.78, 5) is 10.1. The van der Waals surface area contributed by atoms with Crippen molar-refractivity contribution >= 4 is 5.82 Å². The molecule has 7 nitrogen and oxygen atoms in total. The summed E-state index contributed by atoms with van der Waals surface area (Å²) in [7, 11) is 0. The molecule has 22 heavy (non-hydrogen) atoms. The fourth-order valence-electron chi connectivity index (χ4n) is 2.59. The van der Waals surface area contributed by atoms with E-state index in [1.165, 1.54) is 0 Å². The van der Waals surface area contributed by atoms with Gasteiger partial charge in [-0.2, -0.15) is 0 Å². The minimum absolute atomic E-state index is 0.110. The molecular formula is C14H18FN5O2. The zero-order valence-electron chi connectivity index (χ0n) is 13.0. The lowest BCUT2D eigenvalue weighted by Gasteiger charge is -2.36. The summed E-state index contributed by atoms with van der Waals surface area (Å²) < 4.78 is 25.6. The lowest BCUT2D eigenvalue weighted by molar-refractivity contribution is -0.0315. The molecule has 2 aromatic heterocycles. The first kappa shape index (κ1) is 14.8. The zero-order chi connectivity index (χ0) is 15.9. The molecule has 1 aliphatic rings. The van der Waals surface area contributed by atoms with Gasteiger partial charge in [-0.05, 0) is 20.8 Å². The van der Waals surface area contributed by atoms with Crippen molar-refractivity contribution in [1.82, 2.24) is 20.2 Å². The highest BCUT2D eigenvalue weighted by atomic mass is 19.1. The predicted octanol–water partition coefficient (Wildman–Crippen LogP) is 1.89. The van der Waals surface area contributed by atoms with Gasteiger partial charge in [-0.25, -0.2) is 14.4 Å². The molecule has 2 atom stereocenters. The number of hydrogen-bond donors (Lipinski definition) is 0. The average molecular weight is 307 g/mol. The highest BCUT2D eigenvalue weighted by molar-refractivity contribution is 5.42. The molecule has 1 fully saturated rings. The minimum atomic E-state index is -0.403. The Labute approximate surface area is 127 Å². The summed E-state index contributed by atoms with van der Waals surface area (Å²) in [6, 6.07) is 0. The number of aromatic nitrogens is 4. The van der Waals surface area contributed by atoms with Gasteiger partial charge in [-0.15, -0.1) is 10.2 Å². The molecule has 0 spiro atoms. The molecule has 3 heterocycles. The lowest BCUT2D eigenvalue weighted by Crippen LogP contribution is -2.44. The number of halogens is 1. The summed E-state index contributed by atoms with van der Waals surface area (Å²) in [5, 5.41) is 7.81. The van der Waals surface area contributed by atoms with Gasteiger partial charge in [0.15, 0.2) is 17.7 Å². The third-order valence-electron chi connectivity index (χ3n) is 3.49. The second-order valence-electron chi connectivity index (χ2n) is 5.49. The molecule has 2 aromatic rings. The first-order valence-corrected chi connectivity index (χ1v) is 7.15. The third kappa shape index (κ3) is 2.78. The molecule has 0 radical (unpaired) electrons. The Morgan fingerprint density at radius 2 is 1.91 bits per heavy atom. The Hall–Kier alpha value is -2.09. The minimum Gasteiger partial charge on any atom is -0.423 e. The van der Waals surface area contributed by atoms with Crippen LogP contribution in [0.3, 0.4) is 0 Å². The van der Waals surface area contributed by atoms with Crippen molar-refractivity contribution < 1.29 is 13.5 Å². The topological polar surface area (TPSA) is 77.2 Å². The molecule has 0 saturated carbocycles. The molecule has 1 saturated heterocycles. The first-order chi connectivity index (χ1) is 10.4. The van der Waals surface area contributed by atoms with Crippen LogP contribution in [0, 0.1) is 26.6 Å². The smallest absolute Gasteiger partial charge is 0.247 e. The van der Waals surface area contributed by atoms with Crippen LogP contribution in [0.25, 0.3) is 0 Å². The molecule has 0 unspecified atom stereocenters. The monoisotopic (exact) mass is 307 g/mol. The number of ether oxygens (including phenoxy) is 1. The number of hydrogen-bond acceptors (Lipinski definition) is 7. The first-order valence-electron chi connectivity index (χ1n) is 7.15. The van der Waals surface area contributed by atoms with Gasteiger partial charge in [0.2, 0.25) is 11.8 Å². The molecule has 0 aliphatic carbocycles. The molecule has 0 amide bonds. The fourth-order valence-corrected chi connectivity index (χ4v) is 2.59. The van der Waals surface area contributed by atoms with E-state index in [1.54, 1.807) is 20.8 Å². The van der Waals surface area contributed by atoms with E-state index in [-0.39, 0.29) is 6.10 Å². The van der Waals surface area contributed by atoms with Crippen molar-refractivity contribution in [1.29, 1.82) is 0 Å². The van der Waals surface area contributed by atoms with Gasteiger partial charge in [0.25, 0.3) is 0 Å². The molecule has 8 heteroatoms. The highest BCUT2D eigenvalue weighted by Gasteiger charge is 2.32. The van der Waals surface area contributed by atoms with Crippen LogP contribution < -0.4 is 4.90 Å². The van der Waals surface area contributed by atoms with E-state index in [1.807, 2.05) is 11.8 Å². The molecule has 118 valence electrons. The maximum Gasteiger partial charge on any atom is 0.247 e. The van der Waals surface area contributed by atoms with Crippen LogP contribution in [0.15, 0.2) is 4.42 Å². The Morgan fingerprint density at radius 3 is 2.59 bits per heavy atom. The van der Waals surface area contributed by atoms with Crippen molar-refractivity contribution in [2.45, 2.75) is 39.9 Å². The lowest BCUT2D eigenvalue weighted by atomic mass is 10.2. The zero-order valence-corrected chi connectivity index (χ0v) is 13.0. The number of nitrogens with zero attached hydrogens (tertiary/aromatic N) is 5. The van der Waals surface area contributed by atoms with Crippen LogP contribution >= 0.6 is 0 Å². The summed E-state index contributed by atoms with van der Waals surface area (Å²) in [5.41, 5.74) is 0.340. The van der Waals surface area contributed by atoms with Gasteiger partial charge in [-0.3, -0.25) is 0 Å².